The zero-order valence-electron chi connectivity index (χ0n) is 11.7. The number of hydrogen-bond donors (Lipinski definition) is 1. The van der Waals surface area contributed by atoms with E-state index in [-0.39, 0.29) is 0 Å². The maximum Gasteiger partial charge on any atom is 0.226 e. The van der Waals surface area contributed by atoms with Crippen LogP contribution < -0.4 is 5.73 Å². The Morgan fingerprint density at radius 3 is 2.90 bits per heavy atom. The van der Waals surface area contributed by atoms with Crippen molar-refractivity contribution in [2.45, 2.75) is 26.2 Å². The van der Waals surface area contributed by atoms with E-state index in [9.17, 15) is 0 Å². The summed E-state index contributed by atoms with van der Waals surface area (Å²) in [5.41, 5.74) is 8.70. The highest BCUT2D eigenvalue weighted by molar-refractivity contribution is 7.09. The molecule has 0 spiro atoms. The van der Waals surface area contributed by atoms with Crippen molar-refractivity contribution in [1.29, 1.82) is 0 Å². The van der Waals surface area contributed by atoms with Crippen molar-refractivity contribution in [2.24, 2.45) is 0 Å². The van der Waals surface area contributed by atoms with Crippen LogP contribution in [-0.4, -0.2) is 15.1 Å². The molecule has 0 saturated heterocycles. The topological polar surface area (TPSA) is 77.8 Å². The fraction of sp³-hybridized carbons (Fsp3) is 0.267. The van der Waals surface area contributed by atoms with Gasteiger partial charge in [-0.25, -0.2) is 4.98 Å². The first-order valence-corrected chi connectivity index (χ1v) is 7.64. The van der Waals surface area contributed by atoms with Gasteiger partial charge >= 0.3 is 0 Å². The molecule has 0 saturated carbocycles. The van der Waals surface area contributed by atoms with Gasteiger partial charge in [0.25, 0.3) is 0 Å². The summed E-state index contributed by atoms with van der Waals surface area (Å²) in [7, 11) is 0. The van der Waals surface area contributed by atoms with Crippen LogP contribution in [-0.2, 0) is 19.3 Å². The van der Waals surface area contributed by atoms with E-state index >= 15 is 0 Å². The van der Waals surface area contributed by atoms with E-state index in [1.165, 1.54) is 5.56 Å². The Morgan fingerprint density at radius 1 is 1.24 bits per heavy atom. The molecule has 1 aromatic carbocycles. The largest absolute Gasteiger partial charge is 0.399 e. The van der Waals surface area contributed by atoms with Crippen molar-refractivity contribution in [1.82, 2.24) is 15.1 Å². The highest BCUT2D eigenvalue weighted by atomic mass is 32.1. The number of benzene rings is 1. The van der Waals surface area contributed by atoms with E-state index in [2.05, 4.69) is 15.1 Å². The number of nitrogens with two attached hydrogens (primary N) is 1. The summed E-state index contributed by atoms with van der Waals surface area (Å²) < 4.78 is 5.28. The number of nitrogens with zero attached hydrogens (tertiary/aromatic N) is 3. The van der Waals surface area contributed by atoms with Crippen molar-refractivity contribution < 1.29 is 4.52 Å². The molecule has 2 aromatic heterocycles. The van der Waals surface area contributed by atoms with Gasteiger partial charge in [-0.05, 0) is 31.0 Å². The summed E-state index contributed by atoms with van der Waals surface area (Å²) in [5, 5.41) is 7.08. The van der Waals surface area contributed by atoms with Crippen LogP contribution in [0.5, 0.6) is 0 Å². The third-order valence-corrected chi connectivity index (χ3v) is 3.92. The first kappa shape index (κ1) is 13.8. The monoisotopic (exact) mass is 300 g/mol. The van der Waals surface area contributed by atoms with Crippen molar-refractivity contribution in [2.75, 3.05) is 5.73 Å². The van der Waals surface area contributed by atoms with Crippen LogP contribution in [0.15, 0.2) is 34.2 Å². The quantitative estimate of drug-likeness (QED) is 0.733. The number of thiazole rings is 1. The Balaban J connectivity index is 1.60. The molecule has 108 valence electrons. The maximum absolute atomic E-state index is 5.76. The van der Waals surface area contributed by atoms with Crippen LogP contribution in [0.4, 0.5) is 5.69 Å². The normalized spacial score (nSPS) is 10.9. The molecule has 0 aliphatic carbocycles. The number of rotatable bonds is 5. The van der Waals surface area contributed by atoms with E-state index in [4.69, 9.17) is 10.3 Å². The number of anilines is 1. The summed E-state index contributed by atoms with van der Waals surface area (Å²) in [5.74, 6) is 1.34. The van der Waals surface area contributed by atoms with Gasteiger partial charge in [-0.2, -0.15) is 4.98 Å². The Kier molecular flexibility index (Phi) is 3.96. The molecule has 0 aliphatic heterocycles. The van der Waals surface area contributed by atoms with Crippen molar-refractivity contribution in [3.05, 3.63) is 57.6 Å². The minimum absolute atomic E-state index is 0.617. The van der Waals surface area contributed by atoms with Gasteiger partial charge in [-0.3, -0.25) is 0 Å². The van der Waals surface area contributed by atoms with E-state index in [1.54, 1.807) is 11.3 Å². The molecule has 2 N–H and O–H groups in total. The Hall–Kier alpha value is -2.21. The van der Waals surface area contributed by atoms with Crippen molar-refractivity contribution >= 4 is 17.0 Å². The Bertz CT molecular complexity index is 735. The van der Waals surface area contributed by atoms with E-state index in [0.717, 1.165) is 22.8 Å². The lowest BCUT2D eigenvalue weighted by molar-refractivity contribution is 0.373. The molecule has 5 nitrogen and oxygen atoms in total. The van der Waals surface area contributed by atoms with Crippen LogP contribution in [0.25, 0.3) is 0 Å². The number of hydrogen-bond acceptors (Lipinski definition) is 6. The van der Waals surface area contributed by atoms with Gasteiger partial charge in [0.15, 0.2) is 5.82 Å². The van der Waals surface area contributed by atoms with Crippen LogP contribution in [0.1, 0.15) is 28.0 Å². The molecule has 0 amide bonds. The minimum Gasteiger partial charge on any atom is -0.399 e. The highest BCUT2D eigenvalue weighted by Gasteiger charge is 2.09. The summed E-state index contributed by atoms with van der Waals surface area (Å²) in [6, 6.07) is 7.85. The lowest BCUT2D eigenvalue weighted by Gasteiger charge is -1.99. The highest BCUT2D eigenvalue weighted by Crippen LogP contribution is 2.13. The molecule has 0 bridgehead atoms. The number of aromatic nitrogens is 3. The van der Waals surface area contributed by atoms with Crippen LogP contribution in [0.2, 0.25) is 0 Å². The first-order chi connectivity index (χ1) is 10.2. The molecule has 0 unspecified atom stereocenters. The Morgan fingerprint density at radius 2 is 2.14 bits per heavy atom. The van der Waals surface area contributed by atoms with Gasteiger partial charge in [0, 0.05) is 17.5 Å². The molecule has 3 rings (SSSR count). The van der Waals surface area contributed by atoms with E-state index in [0.29, 0.717) is 24.6 Å². The SMILES string of the molecule is Cc1nc(Cc2noc(CCc3cccc(N)c3)n2)cs1. The molecular formula is C15H16N4OS. The minimum atomic E-state index is 0.617. The van der Waals surface area contributed by atoms with Crippen molar-refractivity contribution in [3.63, 3.8) is 0 Å². The molecular weight excluding hydrogens is 284 g/mol. The molecule has 6 heteroatoms. The van der Waals surface area contributed by atoms with Gasteiger partial charge < -0.3 is 10.3 Å². The second-order valence-corrected chi connectivity index (χ2v) is 5.95. The first-order valence-electron chi connectivity index (χ1n) is 6.76. The summed E-state index contributed by atoms with van der Waals surface area (Å²) in [6.07, 6.45) is 2.17. The van der Waals surface area contributed by atoms with Crippen LogP contribution in [0.3, 0.4) is 0 Å². The fourth-order valence-corrected chi connectivity index (χ4v) is 2.73. The second-order valence-electron chi connectivity index (χ2n) is 4.88. The average Bonchev–Trinajstić information content (AvgIpc) is 3.06. The molecule has 0 aliphatic rings. The van der Waals surface area contributed by atoms with Crippen LogP contribution in [0, 0.1) is 6.92 Å². The van der Waals surface area contributed by atoms with Crippen molar-refractivity contribution in [3.8, 4) is 0 Å². The predicted octanol–water partition coefficient (Wildman–Crippen LogP) is 2.79. The van der Waals surface area contributed by atoms with Gasteiger partial charge in [-0.1, -0.05) is 17.3 Å². The second kappa shape index (κ2) is 6.05. The van der Waals surface area contributed by atoms with Gasteiger partial charge in [0.2, 0.25) is 5.89 Å². The smallest absolute Gasteiger partial charge is 0.226 e. The predicted molar refractivity (Wildman–Crippen MR) is 82.2 cm³/mol. The van der Waals surface area contributed by atoms with E-state index in [1.807, 2.05) is 36.6 Å². The molecule has 0 fully saturated rings. The standard InChI is InChI=1S/C15H16N4OS/c1-10-17-13(9-21-10)8-14-18-15(20-19-14)6-5-11-3-2-4-12(16)7-11/h2-4,7,9H,5-6,8,16H2,1H3. The number of aryl methyl sites for hydroxylation is 3. The zero-order valence-corrected chi connectivity index (χ0v) is 12.6. The summed E-state index contributed by atoms with van der Waals surface area (Å²) in [4.78, 5) is 8.81. The maximum atomic E-state index is 5.76. The number of nitrogen functional groups attached to an aromatic ring is 1. The third kappa shape index (κ3) is 3.66. The van der Waals surface area contributed by atoms with Gasteiger partial charge in [0.05, 0.1) is 17.1 Å². The molecule has 0 radical (unpaired) electrons. The lowest BCUT2D eigenvalue weighted by Crippen LogP contribution is -1.95. The summed E-state index contributed by atoms with van der Waals surface area (Å²) >= 11 is 1.63. The molecule has 3 aromatic rings. The molecule has 0 atom stereocenters. The fourth-order valence-electron chi connectivity index (χ4n) is 2.11. The molecule has 2 heterocycles. The Labute approximate surface area is 126 Å². The average molecular weight is 300 g/mol. The van der Waals surface area contributed by atoms with Gasteiger partial charge in [0.1, 0.15) is 0 Å². The third-order valence-electron chi connectivity index (χ3n) is 3.09. The summed E-state index contributed by atoms with van der Waals surface area (Å²) in [6.45, 7) is 1.99. The van der Waals surface area contributed by atoms with Gasteiger partial charge in [-0.15, -0.1) is 11.3 Å². The van der Waals surface area contributed by atoms with Crippen LogP contribution >= 0.6 is 11.3 Å². The van der Waals surface area contributed by atoms with E-state index < -0.39 is 0 Å². The zero-order chi connectivity index (χ0) is 14.7. The lowest BCUT2D eigenvalue weighted by atomic mass is 10.1. The molecule has 21 heavy (non-hydrogen) atoms.